The molecule has 0 saturated heterocycles. The average molecular weight is 267 g/mol. The average Bonchev–Trinajstić information content (AvgIpc) is 2.17. The topological polar surface area (TPSA) is 21.7 Å². The summed E-state index contributed by atoms with van der Waals surface area (Å²) in [5, 5.41) is 0. The molecule has 0 aliphatic heterocycles. The summed E-state index contributed by atoms with van der Waals surface area (Å²) >= 11 is 5.43. The highest BCUT2D eigenvalue weighted by molar-refractivity contribution is 8.09. The first-order valence-corrected chi connectivity index (χ1v) is 8.73. The van der Waals surface area contributed by atoms with Gasteiger partial charge in [0, 0.05) is 31.9 Å². The van der Waals surface area contributed by atoms with Crippen LogP contribution in [-0.2, 0) is 20.9 Å². The van der Waals surface area contributed by atoms with Crippen molar-refractivity contribution < 1.29 is 9.05 Å². The molecule has 0 N–H and O–H groups in total. The second-order valence-corrected chi connectivity index (χ2v) is 8.32. The Morgan fingerprint density at radius 1 is 1.19 bits per heavy atom. The van der Waals surface area contributed by atoms with Gasteiger partial charge >= 0.3 is 0 Å². The van der Waals surface area contributed by atoms with Crippen LogP contribution >= 0.6 is 6.49 Å². The molecule has 0 aromatic rings. The summed E-state index contributed by atoms with van der Waals surface area (Å²) in [5.74, 6) is 0. The lowest BCUT2D eigenvalue weighted by molar-refractivity contribution is 0.182. The van der Waals surface area contributed by atoms with Crippen molar-refractivity contribution in [2.24, 2.45) is 0 Å². The Bertz CT molecular complexity index is 226. The van der Waals surface area contributed by atoms with E-state index >= 15 is 0 Å². The van der Waals surface area contributed by atoms with Crippen LogP contribution in [0, 0.1) is 0 Å². The molecular formula is C11H26NO2PS. The normalized spacial score (nSPS) is 16.1. The molecule has 0 bridgehead atoms. The van der Waals surface area contributed by atoms with E-state index in [0.717, 1.165) is 12.7 Å². The van der Waals surface area contributed by atoms with Crippen molar-refractivity contribution in [1.82, 2.24) is 4.90 Å². The molecule has 5 heteroatoms. The molecule has 0 radical (unpaired) electrons. The molecule has 98 valence electrons. The Morgan fingerprint density at radius 2 is 1.69 bits per heavy atom. The monoisotopic (exact) mass is 267 g/mol. The Morgan fingerprint density at radius 3 is 2.00 bits per heavy atom. The summed E-state index contributed by atoms with van der Waals surface area (Å²) in [6.07, 6.45) is 0.822. The highest BCUT2D eigenvalue weighted by atomic mass is 32.5. The van der Waals surface area contributed by atoms with Crippen LogP contribution in [0.2, 0.25) is 0 Å². The Labute approximate surface area is 106 Å². The van der Waals surface area contributed by atoms with Gasteiger partial charge in [0.25, 0.3) is 0 Å². The first-order valence-electron chi connectivity index (χ1n) is 5.91. The predicted octanol–water partition coefficient (Wildman–Crippen LogP) is 3.10. The SMILES string of the molecule is CCOP(=S)(CCN(C(C)C)C(C)C)OC. The molecule has 0 fully saturated rings. The lowest BCUT2D eigenvalue weighted by Crippen LogP contribution is -2.39. The Kier molecular flexibility index (Phi) is 8.04. The van der Waals surface area contributed by atoms with Crippen molar-refractivity contribution in [2.45, 2.75) is 46.7 Å². The van der Waals surface area contributed by atoms with Crippen LogP contribution in [0.1, 0.15) is 34.6 Å². The van der Waals surface area contributed by atoms with E-state index in [4.69, 9.17) is 20.9 Å². The van der Waals surface area contributed by atoms with Crippen LogP contribution in [0.25, 0.3) is 0 Å². The quantitative estimate of drug-likeness (QED) is 0.630. The summed E-state index contributed by atoms with van der Waals surface area (Å²) < 4.78 is 10.9. The summed E-state index contributed by atoms with van der Waals surface area (Å²) in [5.41, 5.74) is 0. The highest BCUT2D eigenvalue weighted by Gasteiger charge is 2.20. The second kappa shape index (κ2) is 7.78. The molecule has 1 unspecified atom stereocenters. The van der Waals surface area contributed by atoms with Crippen molar-refractivity contribution in [1.29, 1.82) is 0 Å². The number of hydrogen-bond acceptors (Lipinski definition) is 4. The Balaban J connectivity index is 4.33. The van der Waals surface area contributed by atoms with Crippen molar-refractivity contribution in [3.8, 4) is 0 Å². The zero-order valence-corrected chi connectivity index (χ0v) is 13.1. The highest BCUT2D eigenvalue weighted by Crippen LogP contribution is 2.47. The van der Waals surface area contributed by atoms with Gasteiger partial charge in [-0.15, -0.1) is 0 Å². The standard InChI is InChI=1S/C11H26NO2PS/c1-7-14-15(16,13-6)9-8-12(10(2)3)11(4)5/h10-11H,7-9H2,1-6H3. The summed E-state index contributed by atoms with van der Waals surface area (Å²) in [6, 6.07) is 1.06. The predicted molar refractivity (Wildman–Crippen MR) is 74.8 cm³/mol. The molecule has 16 heavy (non-hydrogen) atoms. The van der Waals surface area contributed by atoms with Gasteiger partial charge in [-0.25, -0.2) is 0 Å². The van der Waals surface area contributed by atoms with Crippen LogP contribution < -0.4 is 0 Å². The van der Waals surface area contributed by atoms with E-state index in [9.17, 15) is 0 Å². The van der Waals surface area contributed by atoms with Crippen LogP contribution in [-0.4, -0.2) is 43.4 Å². The fraction of sp³-hybridized carbons (Fsp3) is 1.00. The molecular weight excluding hydrogens is 241 g/mol. The first-order chi connectivity index (χ1) is 7.36. The molecule has 0 aliphatic rings. The minimum absolute atomic E-state index is 0.530. The van der Waals surface area contributed by atoms with Crippen molar-refractivity contribution in [3.63, 3.8) is 0 Å². The smallest absolute Gasteiger partial charge is 0.189 e. The van der Waals surface area contributed by atoms with Crippen molar-refractivity contribution >= 4 is 18.3 Å². The van der Waals surface area contributed by atoms with E-state index in [1.807, 2.05) is 6.92 Å². The molecule has 0 saturated carbocycles. The first kappa shape index (κ1) is 16.5. The van der Waals surface area contributed by atoms with E-state index in [2.05, 4.69) is 32.6 Å². The fourth-order valence-electron chi connectivity index (χ4n) is 1.76. The summed E-state index contributed by atoms with van der Waals surface area (Å²) in [6.45, 7) is 10.3. The number of rotatable bonds is 8. The molecule has 0 aromatic heterocycles. The maximum Gasteiger partial charge on any atom is 0.189 e. The van der Waals surface area contributed by atoms with Crippen molar-refractivity contribution in [3.05, 3.63) is 0 Å². The lowest BCUT2D eigenvalue weighted by atomic mass is 10.2. The maximum atomic E-state index is 5.57. The zero-order valence-electron chi connectivity index (χ0n) is 11.4. The van der Waals surface area contributed by atoms with E-state index in [0.29, 0.717) is 18.7 Å². The number of nitrogens with zero attached hydrogens (tertiary/aromatic N) is 1. The third kappa shape index (κ3) is 5.74. The van der Waals surface area contributed by atoms with Crippen LogP contribution in [0.4, 0.5) is 0 Å². The largest absolute Gasteiger partial charge is 0.333 e. The molecule has 0 heterocycles. The second-order valence-electron chi connectivity index (χ2n) is 4.36. The summed E-state index contributed by atoms with van der Waals surface area (Å²) in [4.78, 5) is 2.42. The molecule has 0 aromatic carbocycles. The van der Waals surface area contributed by atoms with E-state index in [-0.39, 0.29) is 0 Å². The van der Waals surface area contributed by atoms with Gasteiger partial charge in [-0.2, -0.15) is 0 Å². The van der Waals surface area contributed by atoms with Crippen LogP contribution in [0.5, 0.6) is 0 Å². The molecule has 3 nitrogen and oxygen atoms in total. The van der Waals surface area contributed by atoms with Gasteiger partial charge in [0.05, 0.1) is 6.61 Å². The molecule has 0 aliphatic carbocycles. The van der Waals surface area contributed by atoms with Crippen LogP contribution in [0.3, 0.4) is 0 Å². The van der Waals surface area contributed by atoms with Gasteiger partial charge in [-0.3, -0.25) is 4.90 Å². The Hall–Kier alpha value is 0.530. The van der Waals surface area contributed by atoms with Gasteiger partial charge in [-0.05, 0) is 46.4 Å². The molecule has 0 rings (SSSR count). The molecule has 1 atom stereocenters. The van der Waals surface area contributed by atoms with Crippen LogP contribution in [0.15, 0.2) is 0 Å². The lowest BCUT2D eigenvalue weighted by Gasteiger charge is -2.32. The van der Waals surface area contributed by atoms with Crippen molar-refractivity contribution in [2.75, 3.05) is 26.4 Å². The molecule has 0 amide bonds. The van der Waals surface area contributed by atoms with E-state index in [1.165, 1.54) is 0 Å². The zero-order chi connectivity index (χ0) is 12.8. The third-order valence-electron chi connectivity index (χ3n) is 2.56. The minimum Gasteiger partial charge on any atom is -0.333 e. The van der Waals surface area contributed by atoms with Gasteiger partial charge in [0.2, 0.25) is 0 Å². The summed E-state index contributed by atoms with van der Waals surface area (Å²) in [7, 11) is 1.66. The van der Waals surface area contributed by atoms with Gasteiger partial charge < -0.3 is 9.05 Å². The molecule has 0 spiro atoms. The van der Waals surface area contributed by atoms with E-state index < -0.39 is 6.49 Å². The third-order valence-corrected chi connectivity index (χ3v) is 5.83. The van der Waals surface area contributed by atoms with Gasteiger partial charge in [-0.1, -0.05) is 0 Å². The number of hydrogen-bond donors (Lipinski definition) is 0. The van der Waals surface area contributed by atoms with Gasteiger partial charge in [0.1, 0.15) is 0 Å². The minimum atomic E-state index is -2.04. The van der Waals surface area contributed by atoms with Gasteiger partial charge in [0.15, 0.2) is 6.49 Å². The van der Waals surface area contributed by atoms with E-state index in [1.54, 1.807) is 7.11 Å². The maximum absolute atomic E-state index is 5.57. The fourth-order valence-corrected chi connectivity index (χ4v) is 3.60.